The summed E-state index contributed by atoms with van der Waals surface area (Å²) in [5.74, 6) is 0.783. The molecule has 1 saturated heterocycles. The zero-order valence-electron chi connectivity index (χ0n) is 16.1. The molecule has 3 aromatic carbocycles. The standard InChI is InChI=1S/C25H27NO2/c27-25(15-17-26(18-16-25)19-21-9-3-1-4-10-21)23-13-7-8-14-24(23)28-20-22-11-5-2-6-12-22/h1-14,27H,15-20H2. The molecule has 4 rings (SSSR count). The van der Waals surface area contributed by atoms with E-state index in [0.717, 1.165) is 36.5 Å². The number of hydrogen-bond donors (Lipinski definition) is 1. The van der Waals surface area contributed by atoms with Crippen LogP contribution in [-0.2, 0) is 18.8 Å². The highest BCUT2D eigenvalue weighted by Gasteiger charge is 2.36. The smallest absolute Gasteiger partial charge is 0.125 e. The molecule has 1 aliphatic rings. The van der Waals surface area contributed by atoms with Crippen molar-refractivity contribution < 1.29 is 9.84 Å². The number of para-hydroxylation sites is 1. The van der Waals surface area contributed by atoms with Crippen LogP contribution in [0.15, 0.2) is 84.9 Å². The van der Waals surface area contributed by atoms with Crippen LogP contribution in [-0.4, -0.2) is 23.1 Å². The average Bonchev–Trinajstić information content (AvgIpc) is 2.76. The van der Waals surface area contributed by atoms with Gasteiger partial charge in [-0.25, -0.2) is 0 Å². The molecule has 0 spiro atoms. The van der Waals surface area contributed by atoms with E-state index in [4.69, 9.17) is 4.74 Å². The van der Waals surface area contributed by atoms with E-state index in [2.05, 4.69) is 41.3 Å². The topological polar surface area (TPSA) is 32.7 Å². The van der Waals surface area contributed by atoms with Gasteiger partial charge < -0.3 is 9.84 Å². The first-order chi connectivity index (χ1) is 13.7. The maximum atomic E-state index is 11.4. The fraction of sp³-hybridized carbons (Fsp3) is 0.280. The molecular formula is C25H27NO2. The molecule has 1 aliphatic heterocycles. The van der Waals surface area contributed by atoms with E-state index in [1.165, 1.54) is 5.56 Å². The summed E-state index contributed by atoms with van der Waals surface area (Å²) in [4.78, 5) is 2.41. The summed E-state index contributed by atoms with van der Waals surface area (Å²) in [7, 11) is 0. The Morgan fingerprint density at radius 1 is 0.750 bits per heavy atom. The molecular weight excluding hydrogens is 346 g/mol. The van der Waals surface area contributed by atoms with E-state index in [-0.39, 0.29) is 0 Å². The first-order valence-corrected chi connectivity index (χ1v) is 9.98. The molecule has 28 heavy (non-hydrogen) atoms. The molecule has 1 fully saturated rings. The van der Waals surface area contributed by atoms with Crippen molar-refractivity contribution in [2.75, 3.05) is 13.1 Å². The van der Waals surface area contributed by atoms with Crippen LogP contribution in [0.1, 0.15) is 29.5 Å². The molecule has 0 unspecified atom stereocenters. The minimum Gasteiger partial charge on any atom is -0.489 e. The number of aliphatic hydroxyl groups is 1. The van der Waals surface area contributed by atoms with Crippen LogP contribution in [0.3, 0.4) is 0 Å². The normalized spacial score (nSPS) is 16.6. The molecule has 0 aromatic heterocycles. The van der Waals surface area contributed by atoms with E-state index < -0.39 is 5.60 Å². The highest BCUT2D eigenvalue weighted by atomic mass is 16.5. The largest absolute Gasteiger partial charge is 0.489 e. The maximum absolute atomic E-state index is 11.4. The molecule has 1 heterocycles. The Morgan fingerprint density at radius 2 is 1.32 bits per heavy atom. The number of rotatable bonds is 6. The fourth-order valence-electron chi connectivity index (χ4n) is 3.90. The highest BCUT2D eigenvalue weighted by Crippen LogP contribution is 2.38. The average molecular weight is 373 g/mol. The van der Waals surface area contributed by atoms with Gasteiger partial charge in [0, 0.05) is 25.2 Å². The van der Waals surface area contributed by atoms with Crippen LogP contribution >= 0.6 is 0 Å². The molecule has 3 heteroatoms. The van der Waals surface area contributed by atoms with Gasteiger partial charge in [-0.2, -0.15) is 0 Å². The summed E-state index contributed by atoms with van der Waals surface area (Å²) in [6, 6.07) is 28.6. The molecule has 0 aliphatic carbocycles. The lowest BCUT2D eigenvalue weighted by Gasteiger charge is -2.39. The molecule has 3 aromatic rings. The van der Waals surface area contributed by atoms with Crippen molar-refractivity contribution in [3.8, 4) is 5.75 Å². The van der Waals surface area contributed by atoms with E-state index in [1.54, 1.807) is 0 Å². The van der Waals surface area contributed by atoms with Gasteiger partial charge in [0.05, 0.1) is 5.60 Å². The number of benzene rings is 3. The highest BCUT2D eigenvalue weighted by molar-refractivity contribution is 5.38. The van der Waals surface area contributed by atoms with Gasteiger partial charge in [0.25, 0.3) is 0 Å². The molecule has 0 radical (unpaired) electrons. The van der Waals surface area contributed by atoms with Crippen molar-refractivity contribution >= 4 is 0 Å². The Kier molecular flexibility index (Phi) is 5.75. The number of piperidine rings is 1. The maximum Gasteiger partial charge on any atom is 0.125 e. The molecule has 3 nitrogen and oxygen atoms in total. The minimum absolute atomic E-state index is 0.508. The first kappa shape index (κ1) is 18.7. The van der Waals surface area contributed by atoms with Crippen molar-refractivity contribution in [3.05, 3.63) is 102 Å². The second-order valence-electron chi connectivity index (χ2n) is 7.56. The third kappa shape index (κ3) is 4.44. The number of hydrogen-bond acceptors (Lipinski definition) is 3. The predicted molar refractivity (Wildman–Crippen MR) is 112 cm³/mol. The summed E-state index contributed by atoms with van der Waals surface area (Å²) < 4.78 is 6.09. The summed E-state index contributed by atoms with van der Waals surface area (Å²) in [6.07, 6.45) is 1.43. The van der Waals surface area contributed by atoms with Crippen LogP contribution in [0.2, 0.25) is 0 Å². The molecule has 0 saturated carbocycles. The van der Waals surface area contributed by atoms with Crippen LogP contribution in [0, 0.1) is 0 Å². The van der Waals surface area contributed by atoms with Gasteiger partial charge in [-0.15, -0.1) is 0 Å². The lowest BCUT2D eigenvalue weighted by Crippen LogP contribution is -2.42. The molecule has 1 N–H and O–H groups in total. The zero-order valence-corrected chi connectivity index (χ0v) is 16.1. The lowest BCUT2D eigenvalue weighted by atomic mass is 9.83. The van der Waals surface area contributed by atoms with Crippen molar-refractivity contribution in [1.82, 2.24) is 4.90 Å². The summed E-state index contributed by atoms with van der Waals surface area (Å²) in [6.45, 7) is 3.19. The van der Waals surface area contributed by atoms with E-state index in [9.17, 15) is 5.11 Å². The second-order valence-corrected chi connectivity index (χ2v) is 7.56. The predicted octanol–water partition coefficient (Wildman–Crippen LogP) is 4.75. The van der Waals surface area contributed by atoms with E-state index in [1.807, 2.05) is 48.5 Å². The first-order valence-electron chi connectivity index (χ1n) is 9.98. The Balaban J connectivity index is 1.42. The van der Waals surface area contributed by atoms with Gasteiger partial charge in [-0.1, -0.05) is 78.9 Å². The van der Waals surface area contributed by atoms with Gasteiger partial charge in [-0.05, 0) is 30.0 Å². The number of ether oxygens (including phenoxy) is 1. The van der Waals surface area contributed by atoms with Crippen molar-refractivity contribution in [2.24, 2.45) is 0 Å². The quantitative estimate of drug-likeness (QED) is 0.677. The molecule has 0 amide bonds. The Morgan fingerprint density at radius 3 is 2.00 bits per heavy atom. The number of likely N-dealkylation sites (tertiary alicyclic amines) is 1. The Bertz CT molecular complexity index is 871. The van der Waals surface area contributed by atoms with Gasteiger partial charge in [0.2, 0.25) is 0 Å². The van der Waals surface area contributed by atoms with Gasteiger partial charge in [0.1, 0.15) is 12.4 Å². The summed E-state index contributed by atoms with van der Waals surface area (Å²) >= 11 is 0. The summed E-state index contributed by atoms with van der Waals surface area (Å²) in [5, 5.41) is 11.4. The molecule has 144 valence electrons. The van der Waals surface area contributed by atoms with E-state index >= 15 is 0 Å². The SMILES string of the molecule is OC1(c2ccccc2OCc2ccccc2)CCN(Cc2ccccc2)CC1. The fourth-order valence-corrected chi connectivity index (χ4v) is 3.90. The van der Waals surface area contributed by atoms with Gasteiger partial charge in [-0.3, -0.25) is 4.90 Å². The van der Waals surface area contributed by atoms with Crippen molar-refractivity contribution in [1.29, 1.82) is 0 Å². The monoisotopic (exact) mass is 373 g/mol. The Hall–Kier alpha value is -2.62. The summed E-state index contributed by atoms with van der Waals surface area (Å²) in [5.41, 5.74) is 2.52. The van der Waals surface area contributed by atoms with Crippen LogP contribution in [0.4, 0.5) is 0 Å². The van der Waals surface area contributed by atoms with Gasteiger partial charge >= 0.3 is 0 Å². The third-order valence-electron chi connectivity index (χ3n) is 5.56. The van der Waals surface area contributed by atoms with Crippen LogP contribution in [0.5, 0.6) is 5.75 Å². The van der Waals surface area contributed by atoms with Crippen LogP contribution in [0.25, 0.3) is 0 Å². The zero-order chi connectivity index (χ0) is 19.2. The Labute approximate surface area is 167 Å². The van der Waals surface area contributed by atoms with Crippen molar-refractivity contribution in [3.63, 3.8) is 0 Å². The second kappa shape index (κ2) is 8.59. The van der Waals surface area contributed by atoms with E-state index in [0.29, 0.717) is 19.4 Å². The number of nitrogens with zero attached hydrogens (tertiary/aromatic N) is 1. The van der Waals surface area contributed by atoms with Crippen LogP contribution < -0.4 is 4.74 Å². The third-order valence-corrected chi connectivity index (χ3v) is 5.56. The molecule has 0 atom stereocenters. The van der Waals surface area contributed by atoms with Gasteiger partial charge in [0.15, 0.2) is 0 Å². The van der Waals surface area contributed by atoms with Crippen molar-refractivity contribution in [2.45, 2.75) is 31.6 Å². The minimum atomic E-state index is -0.833. The lowest BCUT2D eigenvalue weighted by molar-refractivity contribution is -0.0297. The molecule has 0 bridgehead atoms.